The van der Waals surface area contributed by atoms with Crippen LogP contribution in [0.4, 0.5) is 4.79 Å². The molecule has 0 aromatic heterocycles. The molecular formula is C21H30N2O4S. The van der Waals surface area contributed by atoms with E-state index in [2.05, 4.69) is 29.0 Å². The van der Waals surface area contributed by atoms with Crippen LogP contribution in [0.15, 0.2) is 30.3 Å². The lowest BCUT2D eigenvalue weighted by molar-refractivity contribution is 0.0792. The van der Waals surface area contributed by atoms with Crippen molar-refractivity contribution < 1.29 is 17.9 Å². The van der Waals surface area contributed by atoms with Crippen LogP contribution in [0.5, 0.6) is 0 Å². The largest absolute Gasteiger partial charge is 0.453 e. The van der Waals surface area contributed by atoms with Gasteiger partial charge in [-0.15, -0.1) is 0 Å². The Morgan fingerprint density at radius 1 is 1.29 bits per heavy atom. The number of amides is 1. The Labute approximate surface area is 168 Å². The van der Waals surface area contributed by atoms with Gasteiger partial charge in [0.1, 0.15) is 0 Å². The molecule has 1 amide bonds. The molecule has 2 atom stereocenters. The number of carbonyl (C=O) groups excluding carboxylic acids is 1. The maximum Gasteiger partial charge on any atom is 0.409 e. The predicted octanol–water partition coefficient (Wildman–Crippen LogP) is 3.34. The third-order valence-corrected chi connectivity index (χ3v) is 6.32. The lowest BCUT2D eigenvalue weighted by atomic mass is 9.89. The van der Waals surface area contributed by atoms with Gasteiger partial charge in [-0.05, 0) is 61.6 Å². The SMILES string of the molecule is COC(=O)N1CCC[C@@H](NS(C)(=O)=O)[C@H]1Cc1cccc(C2=CCCCC2)c1. The van der Waals surface area contributed by atoms with E-state index in [1.54, 1.807) is 4.90 Å². The summed E-state index contributed by atoms with van der Waals surface area (Å²) in [5.74, 6) is 0. The molecule has 0 saturated carbocycles. The van der Waals surface area contributed by atoms with Crippen LogP contribution >= 0.6 is 0 Å². The molecule has 1 heterocycles. The summed E-state index contributed by atoms with van der Waals surface area (Å²) in [6.45, 7) is 0.574. The van der Waals surface area contributed by atoms with Gasteiger partial charge >= 0.3 is 6.09 Å². The minimum atomic E-state index is -3.37. The number of benzene rings is 1. The summed E-state index contributed by atoms with van der Waals surface area (Å²) in [7, 11) is -2.00. The number of piperidine rings is 1. The fourth-order valence-corrected chi connectivity index (χ4v) is 5.13. The topological polar surface area (TPSA) is 75.7 Å². The molecule has 1 aromatic rings. The normalized spacial score (nSPS) is 23.2. The average molecular weight is 407 g/mol. The minimum absolute atomic E-state index is 0.272. The first kappa shape index (κ1) is 20.9. The molecule has 1 aromatic carbocycles. The van der Waals surface area contributed by atoms with E-state index in [0.29, 0.717) is 19.4 Å². The van der Waals surface area contributed by atoms with E-state index in [1.165, 1.54) is 31.1 Å². The third kappa shape index (κ3) is 5.35. The molecule has 154 valence electrons. The van der Waals surface area contributed by atoms with Crippen LogP contribution in [-0.2, 0) is 21.2 Å². The molecule has 2 aliphatic rings. The summed E-state index contributed by atoms with van der Waals surface area (Å²) in [5, 5.41) is 0. The van der Waals surface area contributed by atoms with Gasteiger partial charge in [0.05, 0.1) is 19.4 Å². The second kappa shape index (κ2) is 9.09. The second-order valence-electron chi connectivity index (χ2n) is 7.75. The second-order valence-corrected chi connectivity index (χ2v) is 9.53. The van der Waals surface area contributed by atoms with Crippen LogP contribution in [0.2, 0.25) is 0 Å². The summed E-state index contributed by atoms with van der Waals surface area (Å²) < 4.78 is 31.4. The highest BCUT2D eigenvalue weighted by Crippen LogP contribution is 2.29. The Morgan fingerprint density at radius 3 is 2.79 bits per heavy atom. The van der Waals surface area contributed by atoms with E-state index in [9.17, 15) is 13.2 Å². The van der Waals surface area contributed by atoms with Crippen LogP contribution < -0.4 is 4.72 Å². The quantitative estimate of drug-likeness (QED) is 0.814. The standard InChI is InChI=1S/C21H30N2O4S/c1-27-21(24)23-13-7-12-19(22-28(2,25)26)20(23)15-16-8-6-11-18(14-16)17-9-4-3-5-10-17/h6,8-9,11,14,19-20,22H,3-5,7,10,12-13,15H2,1-2H3/t19-,20-/m1/s1. The lowest BCUT2D eigenvalue weighted by Crippen LogP contribution is -2.57. The predicted molar refractivity (Wildman–Crippen MR) is 110 cm³/mol. The minimum Gasteiger partial charge on any atom is -0.453 e. The number of hydrogen-bond acceptors (Lipinski definition) is 4. The first-order valence-corrected chi connectivity index (χ1v) is 11.9. The van der Waals surface area contributed by atoms with Gasteiger partial charge in [-0.2, -0.15) is 0 Å². The van der Waals surface area contributed by atoms with Crippen LogP contribution in [0.25, 0.3) is 5.57 Å². The van der Waals surface area contributed by atoms with Crippen molar-refractivity contribution in [3.63, 3.8) is 0 Å². The molecule has 0 unspecified atom stereocenters. The van der Waals surface area contributed by atoms with Crippen molar-refractivity contribution in [1.82, 2.24) is 9.62 Å². The number of ether oxygens (including phenoxy) is 1. The summed E-state index contributed by atoms with van der Waals surface area (Å²) in [6.07, 6.45) is 9.79. The average Bonchev–Trinajstić information content (AvgIpc) is 2.68. The number of nitrogens with one attached hydrogen (secondary N) is 1. The molecule has 0 radical (unpaired) electrons. The monoisotopic (exact) mass is 406 g/mol. The van der Waals surface area contributed by atoms with Crippen molar-refractivity contribution in [1.29, 1.82) is 0 Å². The van der Waals surface area contributed by atoms with Crippen LogP contribution in [0, 0.1) is 0 Å². The zero-order valence-corrected chi connectivity index (χ0v) is 17.5. The number of hydrogen-bond donors (Lipinski definition) is 1. The highest BCUT2D eigenvalue weighted by molar-refractivity contribution is 7.88. The Morgan fingerprint density at radius 2 is 2.11 bits per heavy atom. The van der Waals surface area contributed by atoms with Crippen molar-refractivity contribution in [2.24, 2.45) is 0 Å². The Balaban J connectivity index is 1.86. The van der Waals surface area contributed by atoms with Gasteiger partial charge < -0.3 is 9.64 Å². The van der Waals surface area contributed by atoms with E-state index in [0.717, 1.165) is 31.1 Å². The molecular weight excluding hydrogens is 376 g/mol. The van der Waals surface area contributed by atoms with Gasteiger partial charge in [-0.1, -0.05) is 30.3 Å². The number of likely N-dealkylation sites (tertiary alicyclic amines) is 1. The van der Waals surface area contributed by atoms with Crippen LogP contribution in [-0.4, -0.2) is 51.4 Å². The maximum atomic E-state index is 12.3. The summed E-state index contributed by atoms with van der Waals surface area (Å²) in [5.41, 5.74) is 3.71. The first-order valence-electron chi connectivity index (χ1n) is 9.97. The Kier molecular flexibility index (Phi) is 6.78. The van der Waals surface area contributed by atoms with E-state index in [4.69, 9.17) is 4.74 Å². The van der Waals surface area contributed by atoms with Crippen molar-refractivity contribution in [2.75, 3.05) is 19.9 Å². The smallest absolute Gasteiger partial charge is 0.409 e. The summed E-state index contributed by atoms with van der Waals surface area (Å²) >= 11 is 0. The molecule has 1 fully saturated rings. The number of carbonyl (C=O) groups is 1. The van der Waals surface area contributed by atoms with Gasteiger partial charge in [0.15, 0.2) is 0 Å². The van der Waals surface area contributed by atoms with Gasteiger partial charge in [-0.3, -0.25) is 0 Å². The molecule has 1 aliphatic heterocycles. The van der Waals surface area contributed by atoms with Gasteiger partial charge in [0.25, 0.3) is 0 Å². The first-order chi connectivity index (χ1) is 13.4. The molecule has 1 N–H and O–H groups in total. The molecule has 1 saturated heterocycles. The fraction of sp³-hybridized carbons (Fsp3) is 0.571. The zero-order valence-electron chi connectivity index (χ0n) is 16.7. The highest BCUT2D eigenvalue weighted by Gasteiger charge is 2.36. The summed E-state index contributed by atoms with van der Waals surface area (Å²) in [6, 6.07) is 7.82. The van der Waals surface area contributed by atoms with E-state index < -0.39 is 16.1 Å². The molecule has 28 heavy (non-hydrogen) atoms. The fourth-order valence-electron chi connectivity index (χ4n) is 4.31. The molecule has 3 rings (SSSR count). The van der Waals surface area contributed by atoms with E-state index >= 15 is 0 Å². The number of sulfonamides is 1. The maximum absolute atomic E-state index is 12.3. The Bertz CT molecular complexity index is 835. The van der Waals surface area contributed by atoms with Crippen molar-refractivity contribution in [2.45, 2.75) is 57.0 Å². The summed E-state index contributed by atoms with van der Waals surface area (Å²) in [4.78, 5) is 14.0. The number of allylic oxidation sites excluding steroid dienone is 2. The van der Waals surface area contributed by atoms with Gasteiger partial charge in [0, 0.05) is 12.6 Å². The molecule has 0 spiro atoms. The van der Waals surface area contributed by atoms with Crippen molar-refractivity contribution >= 4 is 21.7 Å². The van der Waals surface area contributed by atoms with Gasteiger partial charge in [0.2, 0.25) is 10.0 Å². The molecule has 0 bridgehead atoms. The number of nitrogens with zero attached hydrogens (tertiary/aromatic N) is 1. The lowest BCUT2D eigenvalue weighted by Gasteiger charge is -2.40. The number of rotatable bonds is 5. The van der Waals surface area contributed by atoms with Crippen LogP contribution in [0.3, 0.4) is 0 Å². The van der Waals surface area contributed by atoms with Crippen molar-refractivity contribution in [3.05, 3.63) is 41.5 Å². The molecule has 6 nitrogen and oxygen atoms in total. The van der Waals surface area contributed by atoms with Crippen LogP contribution in [0.1, 0.15) is 49.7 Å². The molecule has 1 aliphatic carbocycles. The van der Waals surface area contributed by atoms with E-state index in [1.807, 2.05) is 6.07 Å². The number of methoxy groups -OCH3 is 1. The van der Waals surface area contributed by atoms with Crippen molar-refractivity contribution in [3.8, 4) is 0 Å². The third-order valence-electron chi connectivity index (χ3n) is 5.59. The Hall–Kier alpha value is -1.86. The highest BCUT2D eigenvalue weighted by atomic mass is 32.2. The van der Waals surface area contributed by atoms with Gasteiger partial charge in [-0.25, -0.2) is 17.9 Å². The zero-order chi connectivity index (χ0) is 20.1. The van der Waals surface area contributed by atoms with E-state index in [-0.39, 0.29) is 12.1 Å². The molecule has 7 heteroatoms.